The highest BCUT2D eigenvalue weighted by Crippen LogP contribution is 2.53. The van der Waals surface area contributed by atoms with Gasteiger partial charge in [-0.25, -0.2) is 0 Å². The molecule has 4 rings (SSSR count). The molecular formula is C18H15N3O3. The van der Waals surface area contributed by atoms with Crippen molar-refractivity contribution in [2.75, 3.05) is 5.32 Å². The van der Waals surface area contributed by atoms with Crippen LogP contribution in [0.1, 0.15) is 36.0 Å². The molecule has 1 aliphatic carbocycles. The van der Waals surface area contributed by atoms with E-state index in [-0.39, 0.29) is 11.6 Å². The number of aromatic nitrogens is 1. The van der Waals surface area contributed by atoms with Crippen molar-refractivity contribution in [3.8, 4) is 0 Å². The fourth-order valence-corrected chi connectivity index (χ4v) is 3.56. The Morgan fingerprint density at radius 2 is 2.17 bits per heavy atom. The zero-order valence-corrected chi connectivity index (χ0v) is 12.9. The van der Waals surface area contributed by atoms with E-state index in [0.29, 0.717) is 16.8 Å². The van der Waals surface area contributed by atoms with Crippen LogP contribution in [0.3, 0.4) is 0 Å². The van der Waals surface area contributed by atoms with Crippen molar-refractivity contribution in [2.24, 2.45) is 0 Å². The van der Waals surface area contributed by atoms with Crippen molar-refractivity contribution < 1.29 is 9.72 Å². The van der Waals surface area contributed by atoms with Gasteiger partial charge < -0.3 is 5.32 Å². The summed E-state index contributed by atoms with van der Waals surface area (Å²) in [6.07, 6.45) is 5.72. The lowest BCUT2D eigenvalue weighted by Gasteiger charge is -2.36. The highest BCUT2D eigenvalue weighted by Gasteiger charge is 2.52. The molecule has 1 fully saturated rings. The summed E-state index contributed by atoms with van der Waals surface area (Å²) in [7, 11) is 0. The third-order valence-corrected chi connectivity index (χ3v) is 5.06. The molecule has 1 spiro atoms. The number of benzene rings is 1. The molecule has 1 amide bonds. The Balaban J connectivity index is 1.92. The molecule has 6 heteroatoms. The normalized spacial score (nSPS) is 17.1. The topological polar surface area (TPSA) is 85.1 Å². The summed E-state index contributed by atoms with van der Waals surface area (Å²) in [6, 6.07) is 6.64. The molecule has 2 aromatic rings. The number of nitro groups is 1. The first-order valence-electron chi connectivity index (χ1n) is 7.77. The summed E-state index contributed by atoms with van der Waals surface area (Å²) in [4.78, 5) is 27.5. The molecule has 0 radical (unpaired) electrons. The second kappa shape index (κ2) is 4.99. The van der Waals surface area contributed by atoms with E-state index in [2.05, 4.69) is 16.9 Å². The molecule has 0 atom stereocenters. The van der Waals surface area contributed by atoms with Crippen LogP contribution in [-0.2, 0) is 10.2 Å². The molecule has 6 nitrogen and oxygen atoms in total. The average Bonchev–Trinajstić information content (AvgIpc) is 2.85. The number of nitro benzene ring substituents is 1. The van der Waals surface area contributed by atoms with Crippen molar-refractivity contribution in [2.45, 2.75) is 24.7 Å². The molecule has 1 aliphatic heterocycles. The van der Waals surface area contributed by atoms with Crippen LogP contribution in [-0.4, -0.2) is 15.8 Å². The van der Waals surface area contributed by atoms with Gasteiger partial charge >= 0.3 is 0 Å². The maximum atomic E-state index is 12.5. The first-order valence-corrected chi connectivity index (χ1v) is 7.77. The Labute approximate surface area is 138 Å². The van der Waals surface area contributed by atoms with Gasteiger partial charge in [0.15, 0.2) is 0 Å². The van der Waals surface area contributed by atoms with Gasteiger partial charge in [-0.05, 0) is 30.0 Å². The first kappa shape index (κ1) is 14.6. The largest absolute Gasteiger partial charge is 0.324 e. The lowest BCUT2D eigenvalue weighted by atomic mass is 9.65. The highest BCUT2D eigenvalue weighted by molar-refractivity contribution is 6.10. The molecule has 0 unspecified atom stereocenters. The Morgan fingerprint density at radius 3 is 2.75 bits per heavy atom. The lowest BCUT2D eigenvalue weighted by molar-refractivity contribution is -0.385. The van der Waals surface area contributed by atoms with E-state index in [4.69, 9.17) is 0 Å². The third-order valence-electron chi connectivity index (χ3n) is 5.06. The van der Waals surface area contributed by atoms with Gasteiger partial charge in [0.2, 0.25) is 5.91 Å². The third kappa shape index (κ3) is 1.89. The number of amides is 1. The second-order valence-corrected chi connectivity index (χ2v) is 6.28. The maximum absolute atomic E-state index is 12.5. The number of nitrogens with one attached hydrogen (secondary N) is 1. The van der Waals surface area contributed by atoms with E-state index in [0.717, 1.165) is 30.4 Å². The SMILES string of the molecule is C=C(c1cccnc1)c1cc([N+](=O)[O-])cc2c1NC(=O)C21CCC1. The monoisotopic (exact) mass is 321 g/mol. The minimum absolute atomic E-state index is 0.0171. The zero-order valence-electron chi connectivity index (χ0n) is 12.9. The number of non-ortho nitro benzene ring substituents is 1. The van der Waals surface area contributed by atoms with Crippen molar-refractivity contribution in [3.05, 3.63) is 70.0 Å². The van der Waals surface area contributed by atoms with Gasteiger partial charge in [0.05, 0.1) is 16.0 Å². The van der Waals surface area contributed by atoms with Crippen LogP contribution in [0.25, 0.3) is 5.57 Å². The summed E-state index contributed by atoms with van der Waals surface area (Å²) in [5.74, 6) is -0.0653. The first-order chi connectivity index (χ1) is 11.5. The number of carbonyl (C=O) groups is 1. The number of fused-ring (bicyclic) bond motifs is 2. The molecular weight excluding hydrogens is 306 g/mol. The zero-order chi connectivity index (χ0) is 16.9. The van der Waals surface area contributed by atoms with Crippen LogP contribution < -0.4 is 5.32 Å². The molecule has 2 aliphatic rings. The predicted octanol–water partition coefficient (Wildman–Crippen LogP) is 3.43. The minimum atomic E-state index is -0.606. The Morgan fingerprint density at radius 1 is 1.38 bits per heavy atom. The smallest absolute Gasteiger partial charge is 0.270 e. The molecule has 24 heavy (non-hydrogen) atoms. The van der Waals surface area contributed by atoms with Gasteiger partial charge in [0, 0.05) is 35.7 Å². The molecule has 1 aromatic carbocycles. The molecule has 2 heterocycles. The average molecular weight is 321 g/mol. The molecule has 120 valence electrons. The number of hydrogen-bond donors (Lipinski definition) is 1. The van der Waals surface area contributed by atoms with Crippen molar-refractivity contribution in [1.29, 1.82) is 0 Å². The summed E-state index contributed by atoms with van der Waals surface area (Å²) in [5, 5.41) is 14.3. The Hall–Kier alpha value is -3.02. The Bertz CT molecular complexity index is 886. The van der Waals surface area contributed by atoms with Crippen LogP contribution in [0.4, 0.5) is 11.4 Å². The standard InChI is InChI=1S/C18H15N3O3/c1-11(12-4-2-7-19-10-12)14-8-13(21(23)24)9-15-16(14)20-17(22)18(15)5-3-6-18/h2,4,7-10H,1,3,5-6H2,(H,20,22). The predicted molar refractivity (Wildman–Crippen MR) is 89.6 cm³/mol. The van der Waals surface area contributed by atoms with Gasteiger partial charge in [-0.1, -0.05) is 19.1 Å². The molecule has 1 saturated carbocycles. The van der Waals surface area contributed by atoms with E-state index >= 15 is 0 Å². The van der Waals surface area contributed by atoms with Crippen LogP contribution in [0.15, 0.2) is 43.2 Å². The van der Waals surface area contributed by atoms with E-state index < -0.39 is 10.3 Å². The minimum Gasteiger partial charge on any atom is -0.324 e. The van der Waals surface area contributed by atoms with Crippen molar-refractivity contribution in [1.82, 2.24) is 4.98 Å². The highest BCUT2D eigenvalue weighted by atomic mass is 16.6. The number of nitrogens with zero attached hydrogens (tertiary/aromatic N) is 2. The summed E-state index contributed by atoms with van der Waals surface area (Å²) in [6.45, 7) is 4.08. The van der Waals surface area contributed by atoms with Gasteiger partial charge in [0.25, 0.3) is 5.69 Å². The quantitative estimate of drug-likeness (QED) is 0.693. The number of anilines is 1. The van der Waals surface area contributed by atoms with Crippen LogP contribution >= 0.6 is 0 Å². The lowest BCUT2D eigenvalue weighted by Crippen LogP contribution is -2.40. The van der Waals surface area contributed by atoms with Crippen LogP contribution in [0.2, 0.25) is 0 Å². The van der Waals surface area contributed by atoms with E-state index in [1.807, 2.05) is 6.07 Å². The number of carbonyl (C=O) groups excluding carboxylic acids is 1. The van der Waals surface area contributed by atoms with Gasteiger partial charge in [-0.2, -0.15) is 0 Å². The molecule has 0 saturated heterocycles. The Kier molecular flexibility index (Phi) is 3.03. The number of rotatable bonds is 3. The summed E-state index contributed by atoms with van der Waals surface area (Å²) in [5.41, 5.74) is 2.72. The number of pyridine rings is 1. The summed E-state index contributed by atoms with van der Waals surface area (Å²) >= 11 is 0. The van der Waals surface area contributed by atoms with E-state index in [9.17, 15) is 14.9 Å². The van der Waals surface area contributed by atoms with Crippen molar-refractivity contribution in [3.63, 3.8) is 0 Å². The maximum Gasteiger partial charge on any atom is 0.270 e. The van der Waals surface area contributed by atoms with Gasteiger partial charge in [0.1, 0.15) is 0 Å². The molecule has 1 N–H and O–H groups in total. The van der Waals surface area contributed by atoms with E-state index in [1.54, 1.807) is 18.5 Å². The fourth-order valence-electron chi connectivity index (χ4n) is 3.56. The molecule has 1 aromatic heterocycles. The van der Waals surface area contributed by atoms with Gasteiger partial charge in [-0.15, -0.1) is 0 Å². The second-order valence-electron chi connectivity index (χ2n) is 6.28. The summed E-state index contributed by atoms with van der Waals surface area (Å²) < 4.78 is 0. The van der Waals surface area contributed by atoms with Crippen LogP contribution in [0.5, 0.6) is 0 Å². The van der Waals surface area contributed by atoms with E-state index in [1.165, 1.54) is 12.1 Å². The van der Waals surface area contributed by atoms with Crippen LogP contribution in [0, 0.1) is 10.1 Å². The molecule has 0 bridgehead atoms. The fraction of sp³-hybridized carbons (Fsp3) is 0.222. The number of hydrogen-bond acceptors (Lipinski definition) is 4. The van der Waals surface area contributed by atoms with Crippen molar-refractivity contribution >= 4 is 22.9 Å². The van der Waals surface area contributed by atoms with Gasteiger partial charge in [-0.3, -0.25) is 19.9 Å².